The molecule has 0 fully saturated rings. The van der Waals surface area contributed by atoms with E-state index in [0.29, 0.717) is 17.9 Å². The Kier molecular flexibility index (Phi) is 3.74. The standard InChI is InChI=1S/C14H10N2O3/c15-9-11-3-7-14(8-4-11)19-10-12-1-5-13(6-2-12)16(17)18/h1-8H,10H2. The van der Waals surface area contributed by atoms with Crippen molar-refractivity contribution in [1.29, 1.82) is 5.26 Å². The van der Waals surface area contributed by atoms with Crippen molar-refractivity contribution in [2.45, 2.75) is 6.61 Å². The van der Waals surface area contributed by atoms with Crippen molar-refractivity contribution in [3.63, 3.8) is 0 Å². The second-order valence-corrected chi connectivity index (χ2v) is 3.85. The molecule has 0 atom stereocenters. The average Bonchev–Trinajstić information content (AvgIpc) is 2.46. The summed E-state index contributed by atoms with van der Waals surface area (Å²) < 4.78 is 5.51. The highest BCUT2D eigenvalue weighted by Crippen LogP contribution is 2.16. The topological polar surface area (TPSA) is 76.2 Å². The van der Waals surface area contributed by atoms with Crippen LogP contribution in [0.5, 0.6) is 5.75 Å². The van der Waals surface area contributed by atoms with Crippen molar-refractivity contribution in [1.82, 2.24) is 0 Å². The van der Waals surface area contributed by atoms with E-state index in [-0.39, 0.29) is 5.69 Å². The summed E-state index contributed by atoms with van der Waals surface area (Å²) in [7, 11) is 0. The molecule has 2 rings (SSSR count). The van der Waals surface area contributed by atoms with Crippen molar-refractivity contribution >= 4 is 5.69 Å². The van der Waals surface area contributed by atoms with E-state index in [1.54, 1.807) is 36.4 Å². The van der Waals surface area contributed by atoms with Gasteiger partial charge in [0, 0.05) is 12.1 Å². The van der Waals surface area contributed by atoms with Crippen LogP contribution >= 0.6 is 0 Å². The highest BCUT2D eigenvalue weighted by molar-refractivity contribution is 5.35. The zero-order chi connectivity index (χ0) is 13.7. The molecule has 0 radical (unpaired) electrons. The summed E-state index contributed by atoms with van der Waals surface area (Å²) in [5.41, 5.74) is 1.47. The third kappa shape index (κ3) is 3.30. The predicted molar refractivity (Wildman–Crippen MR) is 68.6 cm³/mol. The summed E-state index contributed by atoms with van der Waals surface area (Å²) in [6, 6.07) is 15.0. The van der Waals surface area contributed by atoms with Gasteiger partial charge in [0.1, 0.15) is 12.4 Å². The number of rotatable bonds is 4. The number of non-ortho nitro benzene ring substituents is 1. The number of hydrogen-bond donors (Lipinski definition) is 0. The van der Waals surface area contributed by atoms with E-state index in [0.717, 1.165) is 5.56 Å². The molecule has 0 heterocycles. The molecular formula is C14H10N2O3. The minimum Gasteiger partial charge on any atom is -0.489 e. The monoisotopic (exact) mass is 254 g/mol. The molecule has 2 aromatic carbocycles. The van der Waals surface area contributed by atoms with Crippen LogP contribution in [0, 0.1) is 21.4 Å². The van der Waals surface area contributed by atoms with Gasteiger partial charge < -0.3 is 4.74 Å². The van der Waals surface area contributed by atoms with Crippen LogP contribution in [0.4, 0.5) is 5.69 Å². The first-order chi connectivity index (χ1) is 9.19. The lowest BCUT2D eigenvalue weighted by Gasteiger charge is -2.05. The number of ether oxygens (including phenoxy) is 1. The van der Waals surface area contributed by atoms with Crippen LogP contribution in [0.15, 0.2) is 48.5 Å². The molecular weight excluding hydrogens is 244 g/mol. The van der Waals surface area contributed by atoms with Gasteiger partial charge in [-0.3, -0.25) is 10.1 Å². The third-order valence-electron chi connectivity index (χ3n) is 2.54. The maximum Gasteiger partial charge on any atom is 0.269 e. The minimum atomic E-state index is -0.439. The van der Waals surface area contributed by atoms with Gasteiger partial charge in [-0.1, -0.05) is 0 Å². The summed E-state index contributed by atoms with van der Waals surface area (Å²) in [5.74, 6) is 0.650. The lowest BCUT2D eigenvalue weighted by atomic mass is 10.2. The smallest absolute Gasteiger partial charge is 0.269 e. The fraction of sp³-hybridized carbons (Fsp3) is 0.0714. The molecule has 0 aliphatic carbocycles. The quantitative estimate of drug-likeness (QED) is 0.620. The van der Waals surface area contributed by atoms with E-state index in [4.69, 9.17) is 10.00 Å². The Labute approximate surface area is 109 Å². The van der Waals surface area contributed by atoms with Gasteiger partial charge in [0.15, 0.2) is 0 Å². The third-order valence-corrected chi connectivity index (χ3v) is 2.54. The second-order valence-electron chi connectivity index (χ2n) is 3.85. The van der Waals surface area contributed by atoms with Crippen LogP contribution in [-0.2, 0) is 6.61 Å². The Hall–Kier alpha value is -2.87. The van der Waals surface area contributed by atoms with Crippen molar-refractivity contribution in [3.05, 3.63) is 69.8 Å². The number of nitriles is 1. The van der Waals surface area contributed by atoms with Gasteiger partial charge in [-0.25, -0.2) is 0 Å². The van der Waals surface area contributed by atoms with Gasteiger partial charge >= 0.3 is 0 Å². The number of nitro benzene ring substituents is 1. The molecule has 0 bridgehead atoms. The molecule has 19 heavy (non-hydrogen) atoms. The maximum absolute atomic E-state index is 10.5. The van der Waals surface area contributed by atoms with E-state index in [1.807, 2.05) is 6.07 Å². The largest absolute Gasteiger partial charge is 0.489 e. The van der Waals surface area contributed by atoms with Gasteiger partial charge in [-0.2, -0.15) is 5.26 Å². The molecule has 0 saturated heterocycles. The zero-order valence-corrected chi connectivity index (χ0v) is 9.95. The van der Waals surface area contributed by atoms with Crippen molar-refractivity contribution in [3.8, 4) is 11.8 Å². The summed E-state index contributed by atoms with van der Waals surface area (Å²) >= 11 is 0. The van der Waals surface area contributed by atoms with Gasteiger partial charge in [-0.05, 0) is 42.0 Å². The maximum atomic E-state index is 10.5. The Bertz CT molecular complexity index is 613. The highest BCUT2D eigenvalue weighted by Gasteiger charge is 2.04. The number of nitro groups is 1. The molecule has 94 valence electrons. The van der Waals surface area contributed by atoms with Crippen LogP contribution < -0.4 is 4.74 Å². The van der Waals surface area contributed by atoms with Gasteiger partial charge in [-0.15, -0.1) is 0 Å². The van der Waals surface area contributed by atoms with Crippen LogP contribution in [-0.4, -0.2) is 4.92 Å². The first kappa shape index (κ1) is 12.6. The highest BCUT2D eigenvalue weighted by atomic mass is 16.6. The lowest BCUT2D eigenvalue weighted by molar-refractivity contribution is -0.384. The number of hydrogen-bond acceptors (Lipinski definition) is 4. The number of nitrogens with zero attached hydrogens (tertiary/aromatic N) is 2. The Balaban J connectivity index is 1.98. The van der Waals surface area contributed by atoms with E-state index < -0.39 is 4.92 Å². The van der Waals surface area contributed by atoms with Crippen LogP contribution in [0.25, 0.3) is 0 Å². The molecule has 0 N–H and O–H groups in total. The SMILES string of the molecule is N#Cc1ccc(OCc2ccc([N+](=O)[O-])cc2)cc1. The molecule has 0 aromatic heterocycles. The molecule has 0 aliphatic heterocycles. The van der Waals surface area contributed by atoms with Gasteiger partial charge in [0.25, 0.3) is 5.69 Å². The molecule has 0 aliphatic rings. The zero-order valence-electron chi connectivity index (χ0n) is 9.95. The van der Waals surface area contributed by atoms with E-state index in [2.05, 4.69) is 0 Å². The normalized spacial score (nSPS) is 9.63. The summed E-state index contributed by atoms with van der Waals surface area (Å²) in [4.78, 5) is 10.1. The van der Waals surface area contributed by atoms with E-state index in [1.165, 1.54) is 12.1 Å². The Morgan fingerprint density at radius 2 is 1.74 bits per heavy atom. The minimum absolute atomic E-state index is 0.0575. The summed E-state index contributed by atoms with van der Waals surface area (Å²) in [6.07, 6.45) is 0. The molecule has 2 aromatic rings. The van der Waals surface area contributed by atoms with E-state index in [9.17, 15) is 10.1 Å². The van der Waals surface area contributed by atoms with E-state index >= 15 is 0 Å². The number of benzene rings is 2. The van der Waals surface area contributed by atoms with Gasteiger partial charge in [0.05, 0.1) is 16.6 Å². The van der Waals surface area contributed by atoms with Crippen LogP contribution in [0.1, 0.15) is 11.1 Å². The van der Waals surface area contributed by atoms with Crippen LogP contribution in [0.2, 0.25) is 0 Å². The summed E-state index contributed by atoms with van der Waals surface area (Å²) in [5, 5.41) is 19.2. The lowest BCUT2D eigenvalue weighted by Crippen LogP contribution is -1.96. The fourth-order valence-corrected chi connectivity index (χ4v) is 1.51. The van der Waals surface area contributed by atoms with Crippen LogP contribution in [0.3, 0.4) is 0 Å². The molecule has 5 nitrogen and oxygen atoms in total. The molecule has 0 spiro atoms. The van der Waals surface area contributed by atoms with Gasteiger partial charge in [0.2, 0.25) is 0 Å². The second kappa shape index (κ2) is 5.65. The van der Waals surface area contributed by atoms with Crippen molar-refractivity contribution in [2.75, 3.05) is 0 Å². The Morgan fingerprint density at radius 1 is 1.11 bits per heavy atom. The molecule has 5 heteroatoms. The van der Waals surface area contributed by atoms with Crippen molar-refractivity contribution in [2.24, 2.45) is 0 Å². The fourth-order valence-electron chi connectivity index (χ4n) is 1.51. The van der Waals surface area contributed by atoms with Crippen molar-refractivity contribution < 1.29 is 9.66 Å². The summed E-state index contributed by atoms with van der Waals surface area (Å²) in [6.45, 7) is 0.323. The average molecular weight is 254 g/mol. The predicted octanol–water partition coefficient (Wildman–Crippen LogP) is 3.05. The first-order valence-electron chi connectivity index (χ1n) is 5.55. The Morgan fingerprint density at radius 3 is 2.26 bits per heavy atom. The molecule has 0 saturated carbocycles. The molecule has 0 amide bonds. The molecule has 0 unspecified atom stereocenters. The first-order valence-corrected chi connectivity index (χ1v) is 5.55.